The van der Waals surface area contributed by atoms with Gasteiger partial charge in [0.1, 0.15) is 11.9 Å². The van der Waals surface area contributed by atoms with E-state index in [1.54, 1.807) is 43.7 Å². The van der Waals surface area contributed by atoms with Crippen LogP contribution in [0.2, 0.25) is 0 Å². The van der Waals surface area contributed by atoms with Crippen LogP contribution in [-0.4, -0.2) is 33.9 Å². The van der Waals surface area contributed by atoms with Gasteiger partial charge in [-0.25, -0.2) is 4.79 Å². The van der Waals surface area contributed by atoms with E-state index < -0.39 is 0 Å². The molecule has 7 nitrogen and oxygen atoms in total. The summed E-state index contributed by atoms with van der Waals surface area (Å²) in [6, 6.07) is 8.41. The van der Waals surface area contributed by atoms with Gasteiger partial charge in [-0.05, 0) is 24.3 Å². The Morgan fingerprint density at radius 3 is 2.61 bits per heavy atom. The quantitative estimate of drug-likeness (QED) is 0.820. The monoisotopic (exact) mass is 320 g/mol. The molecule has 2 N–H and O–H groups in total. The third-order valence-electron chi connectivity index (χ3n) is 3.24. The first-order valence-corrected chi connectivity index (χ1v) is 7.01. The van der Waals surface area contributed by atoms with Crippen LogP contribution in [0.25, 0.3) is 0 Å². The second-order valence-corrected chi connectivity index (χ2v) is 4.62. The Balaban J connectivity index is 1.97. The van der Waals surface area contributed by atoms with Crippen molar-refractivity contribution >= 4 is 11.7 Å². The van der Waals surface area contributed by atoms with Crippen molar-refractivity contribution in [2.24, 2.45) is 0 Å². The minimum Gasteiger partial charge on any atom is -0.493 e. The summed E-state index contributed by atoms with van der Waals surface area (Å²) in [7, 11) is 4.60. The number of benzene rings is 1. The molecule has 2 aromatic rings. The molecule has 0 fully saturated rings. The zero-order valence-electron chi connectivity index (χ0n) is 13.3. The number of anilines is 1. The molecule has 1 aromatic heterocycles. The van der Waals surface area contributed by atoms with Crippen LogP contribution in [0.3, 0.4) is 0 Å². The van der Waals surface area contributed by atoms with E-state index in [1.807, 2.05) is 0 Å². The zero-order valence-corrected chi connectivity index (χ0v) is 13.3. The molecule has 0 bridgehead atoms. The molecule has 7 heteroatoms. The summed E-state index contributed by atoms with van der Waals surface area (Å²) in [5.74, 6) is 1.64. The van der Waals surface area contributed by atoms with Gasteiger partial charge in [-0.1, -0.05) is 6.07 Å². The molecule has 1 atom stereocenters. The van der Waals surface area contributed by atoms with Crippen molar-refractivity contribution in [3.63, 3.8) is 0 Å². The van der Waals surface area contributed by atoms with Crippen LogP contribution in [0, 0.1) is 0 Å². The molecule has 0 aliphatic rings. The highest BCUT2D eigenvalue weighted by Gasteiger charge is 2.16. The van der Waals surface area contributed by atoms with Crippen LogP contribution in [0.1, 0.15) is 11.9 Å². The van der Waals surface area contributed by atoms with Crippen molar-refractivity contribution in [2.75, 3.05) is 33.2 Å². The summed E-state index contributed by atoms with van der Waals surface area (Å²) in [5, 5.41) is 5.45. The largest absolute Gasteiger partial charge is 0.493 e. The van der Waals surface area contributed by atoms with Crippen LogP contribution < -0.4 is 20.1 Å². The van der Waals surface area contributed by atoms with E-state index in [0.717, 1.165) is 0 Å². The van der Waals surface area contributed by atoms with Gasteiger partial charge in [-0.15, -0.1) is 0 Å². The first kappa shape index (κ1) is 16.7. The van der Waals surface area contributed by atoms with Gasteiger partial charge < -0.3 is 29.3 Å². The Morgan fingerprint density at radius 2 is 2.00 bits per heavy atom. The highest BCUT2D eigenvalue weighted by molar-refractivity contribution is 5.91. The lowest BCUT2D eigenvalue weighted by atomic mass is 10.2. The Bertz CT molecular complexity index is 627. The number of ether oxygens (including phenoxy) is 3. The average molecular weight is 320 g/mol. The molecule has 1 unspecified atom stereocenters. The predicted octanol–water partition coefficient (Wildman–Crippen LogP) is 2.81. The standard InChI is InChI=1S/C16H20N2O5/c1-20-13-7-4-6-11(15(13)22-3)18-16(19)17-10-14(21-2)12-8-5-9-23-12/h4-9,14H,10H2,1-3H3,(H2,17,18,19). The molecule has 0 saturated carbocycles. The van der Waals surface area contributed by atoms with Gasteiger partial charge >= 0.3 is 6.03 Å². The molecule has 23 heavy (non-hydrogen) atoms. The first-order valence-electron chi connectivity index (χ1n) is 7.01. The molecular weight excluding hydrogens is 300 g/mol. The van der Waals surface area contributed by atoms with Crippen molar-refractivity contribution in [2.45, 2.75) is 6.10 Å². The summed E-state index contributed by atoms with van der Waals surface area (Å²) in [6.07, 6.45) is 1.20. The Labute approximate surface area is 134 Å². The van der Waals surface area contributed by atoms with Gasteiger partial charge in [0.2, 0.25) is 0 Å². The van der Waals surface area contributed by atoms with Gasteiger partial charge in [0.15, 0.2) is 11.5 Å². The van der Waals surface area contributed by atoms with Crippen molar-refractivity contribution in [3.8, 4) is 11.5 Å². The summed E-state index contributed by atoms with van der Waals surface area (Å²) in [4.78, 5) is 12.1. The Morgan fingerprint density at radius 1 is 1.17 bits per heavy atom. The number of methoxy groups -OCH3 is 3. The van der Waals surface area contributed by atoms with Crippen LogP contribution in [-0.2, 0) is 4.74 Å². The molecule has 0 radical (unpaired) electrons. The second-order valence-electron chi connectivity index (χ2n) is 4.62. The molecule has 0 saturated heterocycles. The number of furan rings is 1. The number of para-hydroxylation sites is 1. The average Bonchev–Trinajstić information content (AvgIpc) is 3.09. The minimum absolute atomic E-state index is 0.266. The summed E-state index contributed by atoms with van der Waals surface area (Å²) in [6.45, 7) is 0.266. The van der Waals surface area contributed by atoms with E-state index in [1.165, 1.54) is 14.2 Å². The van der Waals surface area contributed by atoms with E-state index in [4.69, 9.17) is 18.6 Å². The highest BCUT2D eigenvalue weighted by Crippen LogP contribution is 2.34. The van der Waals surface area contributed by atoms with Crippen molar-refractivity contribution in [3.05, 3.63) is 42.4 Å². The van der Waals surface area contributed by atoms with Gasteiger partial charge in [0.25, 0.3) is 0 Å². The van der Waals surface area contributed by atoms with Crippen LogP contribution in [0.4, 0.5) is 10.5 Å². The maximum Gasteiger partial charge on any atom is 0.319 e. The fourth-order valence-electron chi connectivity index (χ4n) is 2.11. The number of amides is 2. The van der Waals surface area contributed by atoms with E-state index in [0.29, 0.717) is 22.9 Å². The number of hydrogen-bond acceptors (Lipinski definition) is 5. The predicted molar refractivity (Wildman–Crippen MR) is 85.0 cm³/mol. The molecular formula is C16H20N2O5. The lowest BCUT2D eigenvalue weighted by Crippen LogP contribution is -2.33. The third kappa shape index (κ3) is 4.17. The molecule has 0 aliphatic carbocycles. The van der Waals surface area contributed by atoms with Crippen molar-refractivity contribution < 1.29 is 23.4 Å². The van der Waals surface area contributed by atoms with Crippen LogP contribution in [0.5, 0.6) is 11.5 Å². The molecule has 1 aromatic carbocycles. The molecule has 1 heterocycles. The van der Waals surface area contributed by atoms with E-state index in [9.17, 15) is 4.79 Å². The molecule has 124 valence electrons. The number of rotatable bonds is 7. The topological polar surface area (TPSA) is 82.0 Å². The number of nitrogens with one attached hydrogen (secondary N) is 2. The maximum absolute atomic E-state index is 12.1. The Hall–Kier alpha value is -2.67. The minimum atomic E-state index is -0.384. The van der Waals surface area contributed by atoms with Crippen LogP contribution in [0.15, 0.2) is 41.0 Å². The van der Waals surface area contributed by atoms with Gasteiger partial charge in [-0.3, -0.25) is 0 Å². The number of carbonyl (C=O) groups is 1. The second kappa shape index (κ2) is 8.09. The summed E-state index contributed by atoms with van der Waals surface area (Å²) < 4.78 is 21.0. The normalized spacial score (nSPS) is 11.6. The molecule has 2 amide bonds. The molecule has 0 aliphatic heterocycles. The fourth-order valence-corrected chi connectivity index (χ4v) is 2.11. The lowest BCUT2D eigenvalue weighted by Gasteiger charge is -2.16. The number of hydrogen-bond donors (Lipinski definition) is 2. The summed E-state index contributed by atoms with van der Waals surface area (Å²) >= 11 is 0. The van der Waals surface area contributed by atoms with Crippen molar-refractivity contribution in [1.82, 2.24) is 5.32 Å². The fraction of sp³-hybridized carbons (Fsp3) is 0.312. The van der Waals surface area contributed by atoms with Gasteiger partial charge in [-0.2, -0.15) is 0 Å². The lowest BCUT2D eigenvalue weighted by molar-refractivity contribution is 0.0855. The SMILES string of the molecule is COc1cccc(NC(=O)NCC(OC)c2ccco2)c1OC. The number of carbonyl (C=O) groups excluding carboxylic acids is 1. The van der Waals surface area contributed by atoms with E-state index >= 15 is 0 Å². The maximum atomic E-state index is 12.1. The van der Waals surface area contributed by atoms with E-state index in [2.05, 4.69) is 10.6 Å². The van der Waals surface area contributed by atoms with Crippen molar-refractivity contribution in [1.29, 1.82) is 0 Å². The van der Waals surface area contributed by atoms with Gasteiger partial charge in [0, 0.05) is 7.11 Å². The zero-order chi connectivity index (χ0) is 16.7. The third-order valence-corrected chi connectivity index (χ3v) is 3.24. The van der Waals surface area contributed by atoms with Crippen LogP contribution >= 0.6 is 0 Å². The van der Waals surface area contributed by atoms with E-state index in [-0.39, 0.29) is 18.7 Å². The first-order chi connectivity index (χ1) is 11.2. The molecule has 0 spiro atoms. The smallest absolute Gasteiger partial charge is 0.319 e. The highest BCUT2D eigenvalue weighted by atomic mass is 16.5. The Kier molecular flexibility index (Phi) is 5.87. The van der Waals surface area contributed by atoms with Gasteiger partial charge in [0.05, 0.1) is 32.7 Å². The molecule has 2 rings (SSSR count). The summed E-state index contributed by atoms with van der Waals surface area (Å²) in [5.41, 5.74) is 0.510. The number of urea groups is 1.